The Labute approximate surface area is 153 Å². The standard InChI is InChI=1S/C19H15N7O/c1-26-24-17(23-25-26)12-7-8-13-14(10-12)20-18-16(13)19(27)22-15(21-18)9-11-5-3-2-4-6-11/h2-8,10H,9H2,1H3,(H2,20,21,22,27). The van der Waals surface area contributed by atoms with E-state index < -0.39 is 0 Å². The molecule has 8 nitrogen and oxygen atoms in total. The van der Waals surface area contributed by atoms with Crippen LogP contribution < -0.4 is 0 Å². The Bertz CT molecular complexity index is 1270. The Hall–Kier alpha value is -3.81. The highest BCUT2D eigenvalue weighted by molar-refractivity contribution is 6.09. The summed E-state index contributed by atoms with van der Waals surface area (Å²) in [6.07, 6.45) is 0.550. The lowest BCUT2D eigenvalue weighted by Gasteiger charge is -2.02. The van der Waals surface area contributed by atoms with E-state index in [4.69, 9.17) is 0 Å². The Morgan fingerprint density at radius 3 is 2.70 bits per heavy atom. The summed E-state index contributed by atoms with van der Waals surface area (Å²) in [5, 5.41) is 24.1. The molecule has 3 heterocycles. The van der Waals surface area contributed by atoms with Crippen LogP contribution in [0.25, 0.3) is 33.3 Å². The molecule has 5 aromatic rings. The molecular weight excluding hydrogens is 342 g/mol. The van der Waals surface area contributed by atoms with Gasteiger partial charge in [0.15, 0.2) is 0 Å². The Balaban J connectivity index is 1.62. The van der Waals surface area contributed by atoms with Crippen LogP contribution in [-0.4, -0.2) is 40.3 Å². The molecule has 8 heteroatoms. The molecule has 0 aliphatic heterocycles. The summed E-state index contributed by atoms with van der Waals surface area (Å²) in [5.41, 5.74) is 3.35. The van der Waals surface area contributed by atoms with E-state index >= 15 is 0 Å². The summed E-state index contributed by atoms with van der Waals surface area (Å²) in [5.74, 6) is 1.08. The number of rotatable bonds is 3. The van der Waals surface area contributed by atoms with Crippen molar-refractivity contribution in [3.05, 3.63) is 59.9 Å². The molecule has 132 valence electrons. The number of fused-ring (bicyclic) bond motifs is 3. The summed E-state index contributed by atoms with van der Waals surface area (Å²) in [6, 6.07) is 15.6. The zero-order chi connectivity index (χ0) is 18.4. The number of benzene rings is 2. The Morgan fingerprint density at radius 2 is 1.93 bits per heavy atom. The van der Waals surface area contributed by atoms with Gasteiger partial charge in [-0.1, -0.05) is 42.5 Å². The lowest BCUT2D eigenvalue weighted by atomic mass is 10.1. The summed E-state index contributed by atoms with van der Waals surface area (Å²) < 4.78 is 0. The van der Waals surface area contributed by atoms with Crippen molar-refractivity contribution in [2.75, 3.05) is 0 Å². The van der Waals surface area contributed by atoms with Gasteiger partial charge in [0.1, 0.15) is 11.5 Å². The highest BCUT2D eigenvalue weighted by Gasteiger charge is 2.15. The van der Waals surface area contributed by atoms with Gasteiger partial charge in [-0.2, -0.15) is 9.78 Å². The van der Waals surface area contributed by atoms with Gasteiger partial charge in [-0.15, -0.1) is 10.2 Å². The third-order valence-electron chi connectivity index (χ3n) is 4.45. The highest BCUT2D eigenvalue weighted by Crippen LogP contribution is 2.32. The third-order valence-corrected chi connectivity index (χ3v) is 4.45. The number of nitrogens with zero attached hydrogens (tertiary/aromatic N) is 6. The Kier molecular flexibility index (Phi) is 3.36. The predicted octanol–water partition coefficient (Wildman–Crippen LogP) is 2.60. The Morgan fingerprint density at radius 1 is 1.07 bits per heavy atom. The minimum Gasteiger partial charge on any atom is -0.493 e. The summed E-state index contributed by atoms with van der Waals surface area (Å²) in [7, 11) is 1.72. The molecule has 0 aliphatic rings. The van der Waals surface area contributed by atoms with Crippen LogP contribution in [0.4, 0.5) is 0 Å². The van der Waals surface area contributed by atoms with Crippen LogP contribution in [0.1, 0.15) is 11.4 Å². The maximum Gasteiger partial charge on any atom is 0.224 e. The molecule has 2 N–H and O–H groups in total. The fourth-order valence-corrected chi connectivity index (χ4v) is 3.22. The molecule has 0 bridgehead atoms. The molecule has 0 saturated heterocycles. The number of hydrogen-bond donors (Lipinski definition) is 2. The van der Waals surface area contributed by atoms with Crippen LogP contribution in [0.5, 0.6) is 5.88 Å². The maximum atomic E-state index is 10.5. The molecule has 3 aromatic heterocycles. The number of aryl methyl sites for hydroxylation is 1. The molecule has 0 fully saturated rings. The van der Waals surface area contributed by atoms with Crippen molar-refractivity contribution < 1.29 is 5.11 Å². The van der Waals surface area contributed by atoms with Crippen molar-refractivity contribution in [3.8, 4) is 17.3 Å². The van der Waals surface area contributed by atoms with Crippen molar-refractivity contribution in [1.29, 1.82) is 0 Å². The zero-order valence-electron chi connectivity index (χ0n) is 14.5. The van der Waals surface area contributed by atoms with Crippen molar-refractivity contribution in [1.82, 2.24) is 35.2 Å². The maximum absolute atomic E-state index is 10.5. The zero-order valence-corrected chi connectivity index (χ0v) is 14.5. The topological polar surface area (TPSA) is 105 Å². The van der Waals surface area contributed by atoms with E-state index in [2.05, 4.69) is 30.4 Å². The molecule has 0 spiro atoms. The first-order valence-electron chi connectivity index (χ1n) is 8.47. The van der Waals surface area contributed by atoms with Gasteiger partial charge in [0, 0.05) is 22.9 Å². The molecule has 0 radical (unpaired) electrons. The quantitative estimate of drug-likeness (QED) is 0.514. The molecule has 0 atom stereocenters. The SMILES string of the molecule is Cn1nnc(-c2ccc3c(c2)[nH]c2nc(Cc4ccccc4)nc(O)c23)n1. The lowest BCUT2D eigenvalue weighted by Crippen LogP contribution is -1.97. The fraction of sp³-hybridized carbons (Fsp3) is 0.105. The fourth-order valence-electron chi connectivity index (χ4n) is 3.22. The lowest BCUT2D eigenvalue weighted by molar-refractivity contribution is 0.457. The minimum atomic E-state index is -0.0254. The smallest absolute Gasteiger partial charge is 0.224 e. The number of aromatic amines is 1. The molecule has 0 unspecified atom stereocenters. The second-order valence-electron chi connectivity index (χ2n) is 6.34. The second kappa shape index (κ2) is 5.87. The summed E-state index contributed by atoms with van der Waals surface area (Å²) in [4.78, 5) is 13.6. The molecular formula is C19H15N7O. The van der Waals surface area contributed by atoms with Gasteiger partial charge in [0.2, 0.25) is 11.7 Å². The van der Waals surface area contributed by atoms with Crippen LogP contribution in [-0.2, 0) is 13.5 Å². The number of hydrogen-bond acceptors (Lipinski definition) is 6. The van der Waals surface area contributed by atoms with E-state index in [-0.39, 0.29) is 5.88 Å². The van der Waals surface area contributed by atoms with Crippen molar-refractivity contribution in [2.45, 2.75) is 6.42 Å². The first-order valence-corrected chi connectivity index (χ1v) is 8.47. The average molecular weight is 357 g/mol. The van der Waals surface area contributed by atoms with Gasteiger partial charge in [-0.05, 0) is 16.8 Å². The van der Waals surface area contributed by atoms with Crippen molar-refractivity contribution >= 4 is 21.9 Å². The second-order valence-corrected chi connectivity index (χ2v) is 6.34. The summed E-state index contributed by atoms with van der Waals surface area (Å²) in [6.45, 7) is 0. The highest BCUT2D eigenvalue weighted by atomic mass is 16.3. The molecule has 0 aliphatic carbocycles. The van der Waals surface area contributed by atoms with Crippen LogP contribution in [0.15, 0.2) is 48.5 Å². The first kappa shape index (κ1) is 15.4. The van der Waals surface area contributed by atoms with Gasteiger partial charge in [0.25, 0.3) is 0 Å². The van der Waals surface area contributed by atoms with Crippen LogP contribution in [0.3, 0.4) is 0 Å². The minimum absolute atomic E-state index is 0.0254. The van der Waals surface area contributed by atoms with E-state index in [0.29, 0.717) is 29.1 Å². The monoisotopic (exact) mass is 357 g/mol. The molecule has 5 rings (SSSR count). The first-order chi connectivity index (χ1) is 13.2. The van der Waals surface area contributed by atoms with Crippen LogP contribution >= 0.6 is 0 Å². The molecule has 27 heavy (non-hydrogen) atoms. The molecule has 0 amide bonds. The van der Waals surface area contributed by atoms with Gasteiger partial charge in [-0.25, -0.2) is 4.98 Å². The molecule has 2 aromatic carbocycles. The normalized spacial score (nSPS) is 11.4. The number of H-pyrrole nitrogens is 1. The van der Waals surface area contributed by atoms with E-state index in [1.165, 1.54) is 4.80 Å². The van der Waals surface area contributed by atoms with E-state index in [0.717, 1.165) is 22.0 Å². The number of tetrazole rings is 1. The van der Waals surface area contributed by atoms with Crippen LogP contribution in [0, 0.1) is 0 Å². The third kappa shape index (κ3) is 2.67. The van der Waals surface area contributed by atoms with Gasteiger partial charge < -0.3 is 10.1 Å². The average Bonchev–Trinajstić information content (AvgIpc) is 3.25. The number of aromatic hydroxyl groups is 1. The van der Waals surface area contributed by atoms with E-state index in [1.54, 1.807) is 7.05 Å². The van der Waals surface area contributed by atoms with E-state index in [9.17, 15) is 5.11 Å². The van der Waals surface area contributed by atoms with Gasteiger partial charge in [-0.3, -0.25) is 0 Å². The van der Waals surface area contributed by atoms with E-state index in [1.807, 2.05) is 48.5 Å². The van der Waals surface area contributed by atoms with Crippen molar-refractivity contribution in [3.63, 3.8) is 0 Å². The van der Waals surface area contributed by atoms with Gasteiger partial charge in [0.05, 0.1) is 12.4 Å². The number of nitrogens with one attached hydrogen (secondary N) is 1. The van der Waals surface area contributed by atoms with Crippen LogP contribution in [0.2, 0.25) is 0 Å². The summed E-state index contributed by atoms with van der Waals surface area (Å²) >= 11 is 0. The largest absolute Gasteiger partial charge is 0.493 e. The number of aromatic nitrogens is 7. The predicted molar refractivity (Wildman–Crippen MR) is 100 cm³/mol. The molecule has 0 saturated carbocycles. The van der Waals surface area contributed by atoms with Gasteiger partial charge >= 0.3 is 0 Å². The van der Waals surface area contributed by atoms with Crippen molar-refractivity contribution in [2.24, 2.45) is 7.05 Å².